The maximum Gasteiger partial charge on any atom is 0.321 e. The van der Waals surface area contributed by atoms with Gasteiger partial charge in [0.2, 0.25) is 0 Å². The summed E-state index contributed by atoms with van der Waals surface area (Å²) in [4.78, 5) is 14.0. The molecule has 1 aromatic carbocycles. The van der Waals surface area contributed by atoms with Gasteiger partial charge < -0.3 is 15.3 Å². The van der Waals surface area contributed by atoms with Crippen molar-refractivity contribution in [1.82, 2.24) is 4.90 Å². The zero-order valence-corrected chi connectivity index (χ0v) is 11.5. The van der Waals surface area contributed by atoms with Gasteiger partial charge in [0.15, 0.2) is 0 Å². The normalized spacial score (nSPS) is 28.8. The average Bonchev–Trinajstić information content (AvgIpc) is 2.71. The zero-order chi connectivity index (χ0) is 13.6. The Balaban J connectivity index is 1.67. The molecule has 1 aliphatic heterocycles. The molecule has 102 valence electrons. The minimum atomic E-state index is -0.226. The number of carbonyl (C=O) groups excluding carboxylic acids is 1. The van der Waals surface area contributed by atoms with Crippen LogP contribution in [0.4, 0.5) is 10.5 Å². The number of benzene rings is 1. The molecule has 3 atom stereocenters. The van der Waals surface area contributed by atoms with Crippen molar-refractivity contribution in [1.29, 1.82) is 0 Å². The highest BCUT2D eigenvalue weighted by Crippen LogP contribution is 2.40. The van der Waals surface area contributed by atoms with E-state index < -0.39 is 0 Å². The van der Waals surface area contributed by atoms with Gasteiger partial charge in [-0.15, -0.1) is 0 Å². The third-order valence-electron chi connectivity index (χ3n) is 4.26. The third-order valence-corrected chi connectivity index (χ3v) is 4.49. The van der Waals surface area contributed by atoms with Crippen LogP contribution in [0.1, 0.15) is 12.0 Å². The Labute approximate surface area is 117 Å². The van der Waals surface area contributed by atoms with E-state index in [1.807, 2.05) is 13.0 Å². The van der Waals surface area contributed by atoms with E-state index in [-0.39, 0.29) is 18.1 Å². The van der Waals surface area contributed by atoms with Gasteiger partial charge in [0, 0.05) is 29.7 Å². The van der Waals surface area contributed by atoms with Crippen molar-refractivity contribution < 1.29 is 9.90 Å². The lowest BCUT2D eigenvalue weighted by Crippen LogP contribution is -2.40. The van der Waals surface area contributed by atoms with E-state index in [4.69, 9.17) is 11.6 Å². The van der Waals surface area contributed by atoms with Crippen molar-refractivity contribution in [3.63, 3.8) is 0 Å². The Hall–Kier alpha value is -1.26. The van der Waals surface area contributed by atoms with Crippen molar-refractivity contribution in [3.8, 4) is 0 Å². The number of fused-ring (bicyclic) bond motifs is 1. The standard InChI is InChI=1S/C14H17ClN2O2/c1-8-2-3-10(15)5-12(8)16-14(19)17-6-9-4-13(18)11(9)7-17/h2-3,5,9,11,13,18H,4,6-7H2,1H3,(H,16,19)/t9-,11+,13-/m1/s1. The third kappa shape index (κ3) is 2.30. The van der Waals surface area contributed by atoms with Gasteiger partial charge in [-0.1, -0.05) is 17.7 Å². The number of anilines is 1. The Morgan fingerprint density at radius 2 is 2.26 bits per heavy atom. The molecule has 5 heteroatoms. The van der Waals surface area contributed by atoms with Crippen molar-refractivity contribution in [2.24, 2.45) is 11.8 Å². The first-order chi connectivity index (χ1) is 9.04. The van der Waals surface area contributed by atoms with E-state index in [1.165, 1.54) is 0 Å². The number of carbonyl (C=O) groups is 1. The first kappa shape index (κ1) is 12.8. The molecule has 0 radical (unpaired) electrons. The predicted molar refractivity (Wildman–Crippen MR) is 74.4 cm³/mol. The number of halogens is 1. The number of urea groups is 1. The summed E-state index contributed by atoms with van der Waals surface area (Å²) in [6, 6.07) is 5.34. The molecule has 2 fully saturated rings. The summed E-state index contributed by atoms with van der Waals surface area (Å²) >= 11 is 5.94. The second kappa shape index (κ2) is 4.69. The fourth-order valence-electron chi connectivity index (χ4n) is 2.96. The lowest BCUT2D eigenvalue weighted by atomic mass is 9.74. The lowest BCUT2D eigenvalue weighted by Gasteiger charge is -2.34. The first-order valence-corrected chi connectivity index (χ1v) is 6.92. The Kier molecular flexibility index (Phi) is 3.15. The molecule has 0 bridgehead atoms. The van der Waals surface area contributed by atoms with Crippen LogP contribution in [-0.4, -0.2) is 35.2 Å². The monoisotopic (exact) mass is 280 g/mol. The van der Waals surface area contributed by atoms with Crippen molar-refractivity contribution in [3.05, 3.63) is 28.8 Å². The number of hydrogen-bond donors (Lipinski definition) is 2. The number of rotatable bonds is 1. The number of hydrogen-bond acceptors (Lipinski definition) is 2. The van der Waals surface area contributed by atoms with Gasteiger partial charge in [-0.25, -0.2) is 4.79 Å². The predicted octanol–water partition coefficient (Wildman–Crippen LogP) is 2.49. The molecule has 4 nitrogen and oxygen atoms in total. The average molecular weight is 281 g/mol. The fourth-order valence-corrected chi connectivity index (χ4v) is 3.13. The molecule has 2 N–H and O–H groups in total. The largest absolute Gasteiger partial charge is 0.393 e. The molecule has 1 aromatic rings. The molecule has 19 heavy (non-hydrogen) atoms. The van der Waals surface area contributed by atoms with Gasteiger partial charge in [-0.3, -0.25) is 0 Å². The molecule has 0 unspecified atom stereocenters. The van der Waals surface area contributed by atoms with Crippen LogP contribution >= 0.6 is 11.6 Å². The number of nitrogens with zero attached hydrogens (tertiary/aromatic N) is 1. The molecule has 2 amide bonds. The SMILES string of the molecule is Cc1ccc(Cl)cc1NC(=O)N1C[C@H]2C[C@@H](O)[C@H]2C1. The van der Waals surface area contributed by atoms with E-state index in [0.29, 0.717) is 17.5 Å². The van der Waals surface area contributed by atoms with Gasteiger partial charge in [0.1, 0.15) is 0 Å². The van der Waals surface area contributed by atoms with Crippen LogP contribution in [0.3, 0.4) is 0 Å². The number of likely N-dealkylation sites (tertiary alicyclic amines) is 1. The van der Waals surface area contributed by atoms with Gasteiger partial charge in [-0.2, -0.15) is 0 Å². The fraction of sp³-hybridized carbons (Fsp3) is 0.500. The molecule has 1 aliphatic carbocycles. The van der Waals surface area contributed by atoms with Crippen LogP contribution < -0.4 is 5.32 Å². The molecular formula is C14H17ClN2O2. The van der Waals surface area contributed by atoms with Crippen molar-refractivity contribution >= 4 is 23.3 Å². The van der Waals surface area contributed by atoms with Gasteiger partial charge in [0.25, 0.3) is 0 Å². The minimum absolute atomic E-state index is 0.105. The molecule has 1 saturated carbocycles. The van der Waals surface area contributed by atoms with Gasteiger partial charge in [-0.05, 0) is 37.0 Å². The van der Waals surface area contributed by atoms with E-state index in [9.17, 15) is 9.90 Å². The van der Waals surface area contributed by atoms with Crippen LogP contribution in [0.25, 0.3) is 0 Å². The quantitative estimate of drug-likeness (QED) is 0.830. The summed E-state index contributed by atoms with van der Waals surface area (Å²) in [5.41, 5.74) is 1.73. The molecule has 0 spiro atoms. The van der Waals surface area contributed by atoms with Crippen LogP contribution in [-0.2, 0) is 0 Å². The van der Waals surface area contributed by atoms with Crippen LogP contribution in [0.2, 0.25) is 5.02 Å². The highest BCUT2D eigenvalue weighted by Gasteiger charge is 2.47. The Morgan fingerprint density at radius 3 is 2.95 bits per heavy atom. The Morgan fingerprint density at radius 1 is 1.47 bits per heavy atom. The molecule has 1 saturated heterocycles. The number of aryl methyl sites for hydroxylation is 1. The van der Waals surface area contributed by atoms with E-state index >= 15 is 0 Å². The summed E-state index contributed by atoms with van der Waals surface area (Å²) < 4.78 is 0. The number of aliphatic hydroxyl groups is 1. The molecule has 2 aliphatic rings. The summed E-state index contributed by atoms with van der Waals surface area (Å²) in [5.74, 6) is 0.743. The zero-order valence-electron chi connectivity index (χ0n) is 10.8. The van der Waals surface area contributed by atoms with Gasteiger partial charge in [0.05, 0.1) is 6.10 Å². The number of nitrogens with one attached hydrogen (secondary N) is 1. The van der Waals surface area contributed by atoms with Crippen LogP contribution in [0.15, 0.2) is 18.2 Å². The maximum atomic E-state index is 12.2. The first-order valence-electron chi connectivity index (χ1n) is 6.55. The van der Waals surface area contributed by atoms with E-state index in [0.717, 1.165) is 24.2 Å². The van der Waals surface area contributed by atoms with E-state index in [1.54, 1.807) is 17.0 Å². The van der Waals surface area contributed by atoms with Gasteiger partial charge >= 0.3 is 6.03 Å². The summed E-state index contributed by atoms with van der Waals surface area (Å²) in [5, 5.41) is 13.1. The van der Waals surface area contributed by atoms with Crippen molar-refractivity contribution in [2.45, 2.75) is 19.4 Å². The smallest absolute Gasteiger partial charge is 0.321 e. The Bertz CT molecular complexity index is 520. The second-order valence-electron chi connectivity index (χ2n) is 5.52. The number of amides is 2. The van der Waals surface area contributed by atoms with Crippen LogP contribution in [0, 0.1) is 18.8 Å². The molecule has 1 heterocycles. The highest BCUT2D eigenvalue weighted by atomic mass is 35.5. The summed E-state index contributed by atoms with van der Waals surface area (Å²) in [6.45, 7) is 3.33. The van der Waals surface area contributed by atoms with Crippen molar-refractivity contribution in [2.75, 3.05) is 18.4 Å². The highest BCUT2D eigenvalue weighted by molar-refractivity contribution is 6.31. The number of aliphatic hydroxyl groups excluding tert-OH is 1. The van der Waals surface area contributed by atoms with Crippen LogP contribution in [0.5, 0.6) is 0 Å². The molecule has 0 aromatic heterocycles. The van der Waals surface area contributed by atoms with E-state index in [2.05, 4.69) is 5.32 Å². The second-order valence-corrected chi connectivity index (χ2v) is 5.96. The minimum Gasteiger partial charge on any atom is -0.393 e. The summed E-state index contributed by atoms with van der Waals surface area (Å²) in [6.07, 6.45) is 0.598. The molecule has 3 rings (SSSR count). The maximum absolute atomic E-state index is 12.2. The lowest BCUT2D eigenvalue weighted by molar-refractivity contribution is -0.00421. The topological polar surface area (TPSA) is 52.6 Å². The summed E-state index contributed by atoms with van der Waals surface area (Å²) in [7, 11) is 0. The molecular weight excluding hydrogens is 264 g/mol.